The third-order valence-electron chi connectivity index (χ3n) is 9.52. The first-order valence-corrected chi connectivity index (χ1v) is 17.9. The van der Waals surface area contributed by atoms with Crippen LogP contribution in [-0.4, -0.2) is 74.3 Å². The molecule has 54 heavy (non-hydrogen) atoms. The Kier molecular flexibility index (Phi) is 11.3. The van der Waals surface area contributed by atoms with E-state index in [0.717, 1.165) is 61.1 Å². The second-order valence-electron chi connectivity index (χ2n) is 13.2. The number of nitrogens with one attached hydrogen (secondary N) is 4. The summed E-state index contributed by atoms with van der Waals surface area (Å²) in [6.07, 6.45) is 10.1. The lowest BCUT2D eigenvalue weighted by Crippen LogP contribution is -2.50. The maximum absolute atomic E-state index is 12.3. The van der Waals surface area contributed by atoms with E-state index in [1.165, 1.54) is 11.8 Å². The number of fused-ring (bicyclic) bond motifs is 1. The number of carbonyl (C=O) groups excluding carboxylic acids is 3. The molecule has 5 aromatic rings. The number of benzene rings is 3. The number of aliphatic imine (C=N–C) groups is 1. The standard InChI is InChI=1S/C40H41N11O3/c41-20-28(36-23-45-33-8-1-2-9-34(33)47-36)21-43-29-14-17-51(18-15-29)24-26-5-3-7-30(19-26)46-40-42-16-13-37(49-40)48-32-10-4-6-27(25-52)31(32)22-44-35-11-12-38(53)50-39(35)54/h1-10,13,16,19-21,23,25,29,35,44H,11-12,14-15,17-18,22,24,41H2,(H,50,53,54)(H2,42,46,48,49). The average Bonchev–Trinajstić information content (AvgIpc) is 3.19. The first kappa shape index (κ1) is 36.0. The number of hydrogen-bond donors (Lipinski definition) is 5. The summed E-state index contributed by atoms with van der Waals surface area (Å²) in [5.41, 5.74) is 12.9. The van der Waals surface area contributed by atoms with Crippen LogP contribution in [0.3, 0.4) is 0 Å². The highest BCUT2D eigenvalue weighted by atomic mass is 16.2. The van der Waals surface area contributed by atoms with Gasteiger partial charge in [-0.25, -0.2) is 9.97 Å². The van der Waals surface area contributed by atoms with Crippen molar-refractivity contribution in [3.05, 3.63) is 114 Å². The molecular weight excluding hydrogens is 683 g/mol. The number of likely N-dealkylation sites (tertiary alicyclic amines) is 1. The molecule has 1 unspecified atom stereocenters. The summed E-state index contributed by atoms with van der Waals surface area (Å²) >= 11 is 0. The van der Waals surface area contributed by atoms with E-state index in [1.54, 1.807) is 30.6 Å². The second kappa shape index (κ2) is 17.0. The fourth-order valence-corrected chi connectivity index (χ4v) is 6.61. The molecule has 0 aliphatic carbocycles. The average molecular weight is 724 g/mol. The lowest BCUT2D eigenvalue weighted by atomic mass is 10.0. The van der Waals surface area contributed by atoms with E-state index in [9.17, 15) is 14.4 Å². The summed E-state index contributed by atoms with van der Waals surface area (Å²) in [6.45, 7) is 2.89. The Hall–Kier alpha value is -6.38. The van der Waals surface area contributed by atoms with Gasteiger partial charge < -0.3 is 21.7 Å². The van der Waals surface area contributed by atoms with E-state index in [-0.39, 0.29) is 30.8 Å². The number of rotatable bonds is 13. The zero-order valence-electron chi connectivity index (χ0n) is 29.6. The summed E-state index contributed by atoms with van der Waals surface area (Å²) in [7, 11) is 0. The monoisotopic (exact) mass is 723 g/mol. The number of hydrogen-bond acceptors (Lipinski definition) is 13. The molecule has 14 heteroatoms. The van der Waals surface area contributed by atoms with Gasteiger partial charge in [0.15, 0.2) is 0 Å². The molecule has 14 nitrogen and oxygen atoms in total. The van der Waals surface area contributed by atoms with Gasteiger partial charge in [0.05, 0.1) is 35.0 Å². The third-order valence-corrected chi connectivity index (χ3v) is 9.52. The van der Waals surface area contributed by atoms with Crippen molar-refractivity contribution >= 4 is 64.1 Å². The first-order chi connectivity index (χ1) is 26.4. The number of nitrogens with zero attached hydrogens (tertiary/aromatic N) is 6. The number of piperidine rings is 2. The molecule has 0 spiro atoms. The minimum absolute atomic E-state index is 0.203. The molecule has 2 fully saturated rings. The molecule has 0 saturated carbocycles. The van der Waals surface area contributed by atoms with Crippen LogP contribution in [0.5, 0.6) is 0 Å². The summed E-state index contributed by atoms with van der Waals surface area (Å²) in [6, 6.07) is 22.7. The number of aldehydes is 1. The zero-order chi connectivity index (χ0) is 37.3. The Morgan fingerprint density at radius 2 is 1.78 bits per heavy atom. The maximum atomic E-state index is 12.3. The molecule has 2 amide bonds. The predicted octanol–water partition coefficient (Wildman–Crippen LogP) is 4.65. The van der Waals surface area contributed by atoms with E-state index >= 15 is 0 Å². The van der Waals surface area contributed by atoms with Crippen LogP contribution in [0.25, 0.3) is 16.6 Å². The van der Waals surface area contributed by atoms with Crippen LogP contribution in [0.4, 0.5) is 23.1 Å². The predicted molar refractivity (Wildman–Crippen MR) is 208 cm³/mol. The molecule has 2 aliphatic rings. The van der Waals surface area contributed by atoms with Crippen LogP contribution in [0.15, 0.2) is 96.4 Å². The highest BCUT2D eigenvalue weighted by molar-refractivity contribution is 6.09. The number of allylic oxidation sites excluding steroid dienone is 1. The molecule has 0 radical (unpaired) electrons. The van der Waals surface area contributed by atoms with E-state index in [2.05, 4.69) is 53.3 Å². The van der Waals surface area contributed by atoms with Gasteiger partial charge in [0.2, 0.25) is 17.8 Å². The van der Waals surface area contributed by atoms with Crippen LogP contribution < -0.4 is 27.0 Å². The Balaban J connectivity index is 0.934. The molecule has 2 saturated heterocycles. The van der Waals surface area contributed by atoms with Crippen molar-refractivity contribution in [3.8, 4) is 0 Å². The van der Waals surface area contributed by atoms with Gasteiger partial charge in [0.25, 0.3) is 0 Å². The summed E-state index contributed by atoms with van der Waals surface area (Å²) in [4.78, 5) is 61.3. The SMILES string of the molecule is NC=C(C=NC1CCN(Cc2cccc(Nc3nccc(Nc4cccc(C=O)c4CNC4CCC(=O)NC4=O)n3)c2)CC1)c1cnc2ccccc2n1. The topological polar surface area (TPSA) is 193 Å². The molecule has 3 aromatic carbocycles. The zero-order valence-corrected chi connectivity index (χ0v) is 29.6. The number of nitrogens with two attached hydrogens (primary N) is 1. The van der Waals surface area contributed by atoms with Crippen molar-refractivity contribution < 1.29 is 14.4 Å². The quantitative estimate of drug-likeness (QED) is 0.0643. The molecule has 0 bridgehead atoms. The molecule has 2 aromatic heterocycles. The number of anilines is 4. The fourth-order valence-electron chi connectivity index (χ4n) is 6.61. The van der Waals surface area contributed by atoms with Crippen LogP contribution in [0.2, 0.25) is 0 Å². The largest absolute Gasteiger partial charge is 0.404 e. The molecule has 2 aliphatic heterocycles. The first-order valence-electron chi connectivity index (χ1n) is 17.9. The van der Waals surface area contributed by atoms with Gasteiger partial charge in [-0.05, 0) is 66.8 Å². The van der Waals surface area contributed by atoms with E-state index < -0.39 is 6.04 Å². The number of amides is 2. The molecule has 6 N–H and O–H groups in total. The van der Waals surface area contributed by atoms with Gasteiger partial charge in [0, 0.05) is 73.7 Å². The Morgan fingerprint density at radius 3 is 2.59 bits per heavy atom. The lowest BCUT2D eigenvalue weighted by molar-refractivity contribution is -0.134. The Morgan fingerprint density at radius 1 is 0.944 bits per heavy atom. The summed E-state index contributed by atoms with van der Waals surface area (Å²) in [5, 5.41) is 12.2. The van der Waals surface area contributed by atoms with E-state index in [4.69, 9.17) is 15.7 Å². The van der Waals surface area contributed by atoms with Crippen molar-refractivity contribution in [3.63, 3.8) is 0 Å². The van der Waals surface area contributed by atoms with Crippen LogP contribution >= 0.6 is 0 Å². The lowest BCUT2D eigenvalue weighted by Gasteiger charge is -2.30. The smallest absolute Gasteiger partial charge is 0.243 e. The van der Waals surface area contributed by atoms with Crippen LogP contribution in [-0.2, 0) is 22.7 Å². The van der Waals surface area contributed by atoms with E-state index in [1.807, 2.05) is 48.7 Å². The molecular formula is C40H41N11O3. The summed E-state index contributed by atoms with van der Waals surface area (Å²) in [5.74, 6) is 0.288. The Labute approximate surface area is 312 Å². The molecule has 274 valence electrons. The van der Waals surface area contributed by atoms with Crippen molar-refractivity contribution in [2.24, 2.45) is 10.7 Å². The highest BCUT2D eigenvalue weighted by Gasteiger charge is 2.26. The van der Waals surface area contributed by atoms with Gasteiger partial charge in [-0.2, -0.15) is 4.98 Å². The summed E-state index contributed by atoms with van der Waals surface area (Å²) < 4.78 is 0. The van der Waals surface area contributed by atoms with Gasteiger partial charge >= 0.3 is 0 Å². The van der Waals surface area contributed by atoms with Gasteiger partial charge in [0.1, 0.15) is 12.1 Å². The van der Waals surface area contributed by atoms with Crippen molar-refractivity contribution in [1.82, 2.24) is 35.5 Å². The number of imide groups is 1. The van der Waals surface area contributed by atoms with Crippen LogP contribution in [0.1, 0.15) is 52.9 Å². The minimum atomic E-state index is -0.530. The van der Waals surface area contributed by atoms with Gasteiger partial charge in [-0.1, -0.05) is 36.4 Å². The van der Waals surface area contributed by atoms with Crippen molar-refractivity contribution in [2.45, 2.75) is 50.9 Å². The molecule has 1 atom stereocenters. The Bertz CT molecular complexity index is 2220. The van der Waals surface area contributed by atoms with Crippen LogP contribution in [0, 0.1) is 0 Å². The number of aromatic nitrogens is 4. The highest BCUT2D eigenvalue weighted by Crippen LogP contribution is 2.25. The second-order valence-corrected chi connectivity index (χ2v) is 13.2. The van der Waals surface area contributed by atoms with Gasteiger partial charge in [-0.3, -0.25) is 34.6 Å². The fraction of sp³-hybridized carbons (Fsp3) is 0.250. The van der Waals surface area contributed by atoms with E-state index in [0.29, 0.717) is 40.7 Å². The minimum Gasteiger partial charge on any atom is -0.404 e. The molecule has 4 heterocycles. The number of carbonyl (C=O) groups is 3. The van der Waals surface area contributed by atoms with Crippen molar-refractivity contribution in [2.75, 3.05) is 23.7 Å². The van der Waals surface area contributed by atoms with Gasteiger partial charge in [-0.15, -0.1) is 0 Å². The molecule has 7 rings (SSSR count). The third kappa shape index (κ3) is 8.97. The maximum Gasteiger partial charge on any atom is 0.243 e. The normalized spacial score (nSPS) is 17.1. The number of para-hydroxylation sites is 2. The van der Waals surface area contributed by atoms with Crippen molar-refractivity contribution in [1.29, 1.82) is 0 Å².